The molecule has 14 atom stereocenters. The molecule has 0 spiro atoms. The number of rotatable bonds is 11. The van der Waals surface area contributed by atoms with Crippen molar-refractivity contribution < 1.29 is 78.1 Å². The number of carbonyl (C=O) groups is 2. The highest BCUT2D eigenvalue weighted by atomic mass is 16.8. The molecule has 2 fully saturated rings. The normalized spacial score (nSPS) is 38.8. The third kappa shape index (κ3) is 8.15. The lowest BCUT2D eigenvalue weighted by Crippen LogP contribution is -2.61. The molecule has 5 rings (SSSR count). The van der Waals surface area contributed by atoms with E-state index in [1.165, 1.54) is 26.4 Å². The molecular formula is C33H42O16. The number of hydrogen-bond donors (Lipinski definition) is 6. The number of carbonyl (C=O) groups excluding carboxylic acids is 2. The third-order valence-corrected chi connectivity index (χ3v) is 8.84. The minimum Gasteiger partial charge on any atom is -0.497 e. The first kappa shape index (κ1) is 36.9. The predicted molar refractivity (Wildman–Crippen MR) is 164 cm³/mol. The lowest BCUT2D eigenvalue weighted by molar-refractivity contribution is -0.341. The zero-order chi connectivity index (χ0) is 35.4. The first-order valence-corrected chi connectivity index (χ1v) is 15.7. The summed E-state index contributed by atoms with van der Waals surface area (Å²) in [5, 5.41) is 61.6. The molecule has 16 nitrogen and oxygen atoms in total. The summed E-state index contributed by atoms with van der Waals surface area (Å²) in [6, 6.07) is 6.88. The summed E-state index contributed by atoms with van der Waals surface area (Å²) in [6.07, 6.45) is -9.03. The summed E-state index contributed by atoms with van der Waals surface area (Å²) in [6.45, 7) is 1.56. The van der Waals surface area contributed by atoms with E-state index in [1.54, 1.807) is 36.4 Å². The van der Waals surface area contributed by atoms with Crippen molar-refractivity contribution in [3.05, 3.63) is 59.9 Å². The van der Waals surface area contributed by atoms with Crippen LogP contribution in [-0.4, -0.2) is 137 Å². The van der Waals surface area contributed by atoms with E-state index < -0.39 is 111 Å². The summed E-state index contributed by atoms with van der Waals surface area (Å²) < 4.78 is 45.5. The number of hydrogen-bond acceptors (Lipinski definition) is 16. The van der Waals surface area contributed by atoms with Crippen LogP contribution in [0.2, 0.25) is 0 Å². The van der Waals surface area contributed by atoms with Crippen LogP contribution in [0.15, 0.2) is 54.3 Å². The monoisotopic (exact) mass is 694 g/mol. The molecule has 0 unspecified atom stereocenters. The van der Waals surface area contributed by atoms with Crippen molar-refractivity contribution in [3.63, 3.8) is 0 Å². The van der Waals surface area contributed by atoms with Gasteiger partial charge in [-0.05, 0) is 42.3 Å². The average Bonchev–Trinajstić information content (AvgIpc) is 3.46. The molecule has 49 heavy (non-hydrogen) atoms. The maximum Gasteiger partial charge on any atom is 0.331 e. The van der Waals surface area contributed by atoms with Crippen LogP contribution in [0.4, 0.5) is 0 Å². The molecule has 3 heterocycles. The summed E-state index contributed by atoms with van der Waals surface area (Å²) in [4.78, 5) is 25.1. The van der Waals surface area contributed by atoms with Crippen molar-refractivity contribution in [2.75, 3.05) is 20.3 Å². The fraction of sp³-hybridized carbons (Fsp3) is 0.576. The molecule has 2 saturated heterocycles. The van der Waals surface area contributed by atoms with E-state index in [1.807, 2.05) is 0 Å². The summed E-state index contributed by atoms with van der Waals surface area (Å²) >= 11 is 0. The standard InChI is InChI=1S/C33H42O16/c1-15-25(38)29(45-16(2)36)30(48-23(37)9-6-17-4-7-19(42-3)8-5-17)33(44-15)46-21-12-18(13-34)24-20(21)10-11-43-31(24)49-32-28(41)27(40)26(39)22(14-35)47-32/h4-12,15,20-22,24-35,38-41H,13-14H2,1-3H3/t15-,20-,21-,22+,24-,25-,26+,27-,28+,29+,30+,31-,32+,33-/m0/s1. The highest BCUT2D eigenvalue weighted by Crippen LogP contribution is 2.43. The first-order valence-electron chi connectivity index (χ1n) is 15.7. The molecule has 4 aliphatic rings. The van der Waals surface area contributed by atoms with Crippen LogP contribution in [0.5, 0.6) is 5.75 Å². The highest BCUT2D eigenvalue weighted by molar-refractivity contribution is 5.87. The van der Waals surface area contributed by atoms with Gasteiger partial charge in [0.1, 0.15) is 36.3 Å². The molecule has 1 aromatic rings. The van der Waals surface area contributed by atoms with Gasteiger partial charge in [-0.2, -0.15) is 0 Å². The van der Waals surface area contributed by atoms with Crippen LogP contribution in [0, 0.1) is 11.8 Å². The molecule has 6 N–H and O–H groups in total. The second-order valence-corrected chi connectivity index (χ2v) is 12.1. The predicted octanol–water partition coefficient (Wildman–Crippen LogP) is -1.11. The van der Waals surface area contributed by atoms with E-state index in [0.717, 1.165) is 13.0 Å². The van der Waals surface area contributed by atoms with Gasteiger partial charge >= 0.3 is 11.9 Å². The topological polar surface area (TPSA) is 229 Å². The van der Waals surface area contributed by atoms with Crippen LogP contribution in [0.25, 0.3) is 6.08 Å². The molecule has 0 bridgehead atoms. The Hall–Kier alpha value is -3.42. The number of ether oxygens (including phenoxy) is 8. The summed E-state index contributed by atoms with van der Waals surface area (Å²) in [7, 11) is 1.53. The van der Waals surface area contributed by atoms with Crippen molar-refractivity contribution in [1.82, 2.24) is 0 Å². The Labute approximate surface area is 281 Å². The fourth-order valence-electron chi connectivity index (χ4n) is 6.24. The lowest BCUT2D eigenvalue weighted by Gasteiger charge is -2.44. The largest absolute Gasteiger partial charge is 0.497 e. The third-order valence-electron chi connectivity index (χ3n) is 8.84. The first-order chi connectivity index (χ1) is 23.4. The van der Waals surface area contributed by atoms with Crippen LogP contribution >= 0.6 is 0 Å². The van der Waals surface area contributed by atoms with Gasteiger partial charge in [0.05, 0.1) is 44.7 Å². The molecule has 16 heteroatoms. The molecule has 270 valence electrons. The zero-order valence-electron chi connectivity index (χ0n) is 27.0. The van der Waals surface area contributed by atoms with E-state index >= 15 is 0 Å². The van der Waals surface area contributed by atoms with Crippen LogP contribution in [-0.2, 0) is 42.7 Å². The molecule has 1 aliphatic carbocycles. The van der Waals surface area contributed by atoms with E-state index in [9.17, 15) is 40.2 Å². The lowest BCUT2D eigenvalue weighted by atomic mass is 9.88. The van der Waals surface area contributed by atoms with E-state index in [2.05, 4.69) is 0 Å². The molecular weight excluding hydrogens is 652 g/mol. The van der Waals surface area contributed by atoms with Crippen molar-refractivity contribution in [1.29, 1.82) is 0 Å². The minimum absolute atomic E-state index is 0.408. The molecule has 0 aromatic heterocycles. The summed E-state index contributed by atoms with van der Waals surface area (Å²) in [5.74, 6) is -2.26. The van der Waals surface area contributed by atoms with Crippen LogP contribution in [0.3, 0.4) is 0 Å². The smallest absolute Gasteiger partial charge is 0.331 e. The quantitative estimate of drug-likeness (QED) is 0.0917. The molecule has 3 aliphatic heterocycles. The average molecular weight is 695 g/mol. The Morgan fingerprint density at radius 3 is 2.27 bits per heavy atom. The van der Waals surface area contributed by atoms with Crippen molar-refractivity contribution in [2.24, 2.45) is 11.8 Å². The Morgan fingerprint density at radius 2 is 1.61 bits per heavy atom. The number of methoxy groups -OCH3 is 1. The SMILES string of the molecule is COc1ccc(C=CC(=O)O[C@H]2[C@H](O[C@H]3C=C(CO)[C@@H]4[C@H](O[C@H]5O[C@H](CO)[C@@H](O)[C@H](O)[C@H]5O)OC=C[C@H]43)O[C@@H](C)[C@H](O)[C@H]2OC(C)=O)cc1. The van der Waals surface area contributed by atoms with E-state index in [-0.39, 0.29) is 0 Å². The fourth-order valence-corrected chi connectivity index (χ4v) is 6.24. The number of aliphatic hydroxyl groups is 6. The molecule has 0 amide bonds. The Morgan fingerprint density at radius 1 is 0.878 bits per heavy atom. The van der Waals surface area contributed by atoms with Gasteiger partial charge in [0.25, 0.3) is 0 Å². The van der Waals surface area contributed by atoms with Gasteiger partial charge in [-0.25, -0.2) is 4.79 Å². The molecule has 1 aromatic carbocycles. The van der Waals surface area contributed by atoms with Crippen LogP contribution in [0.1, 0.15) is 19.4 Å². The van der Waals surface area contributed by atoms with Gasteiger partial charge < -0.3 is 68.5 Å². The number of esters is 2. The van der Waals surface area contributed by atoms with Gasteiger partial charge in [0.15, 0.2) is 24.8 Å². The minimum atomic E-state index is -1.70. The highest BCUT2D eigenvalue weighted by Gasteiger charge is 2.53. The second kappa shape index (κ2) is 16.1. The van der Waals surface area contributed by atoms with Gasteiger partial charge in [-0.1, -0.05) is 18.2 Å². The van der Waals surface area contributed by atoms with Crippen LogP contribution < -0.4 is 4.74 Å². The number of fused-ring (bicyclic) bond motifs is 1. The molecule has 0 radical (unpaired) electrons. The van der Waals surface area contributed by atoms with Gasteiger partial charge in [0.2, 0.25) is 6.29 Å². The van der Waals surface area contributed by atoms with Gasteiger partial charge in [-0.15, -0.1) is 0 Å². The van der Waals surface area contributed by atoms with Crippen molar-refractivity contribution >= 4 is 18.0 Å². The maximum atomic E-state index is 13.0. The Balaban J connectivity index is 1.35. The van der Waals surface area contributed by atoms with Gasteiger partial charge in [-0.3, -0.25) is 4.79 Å². The Bertz CT molecular complexity index is 1380. The van der Waals surface area contributed by atoms with Gasteiger partial charge in [0, 0.05) is 18.9 Å². The Kier molecular flexibility index (Phi) is 12.1. The number of benzene rings is 1. The van der Waals surface area contributed by atoms with E-state index in [4.69, 9.17) is 37.9 Å². The number of aliphatic hydroxyl groups excluding tert-OH is 6. The van der Waals surface area contributed by atoms with Crippen molar-refractivity contribution in [3.8, 4) is 5.75 Å². The van der Waals surface area contributed by atoms with E-state index in [0.29, 0.717) is 16.9 Å². The van der Waals surface area contributed by atoms with Crippen molar-refractivity contribution in [2.45, 2.75) is 87.7 Å². The molecule has 0 saturated carbocycles. The summed E-state index contributed by atoms with van der Waals surface area (Å²) in [5.41, 5.74) is 1.08. The zero-order valence-corrected chi connectivity index (χ0v) is 27.0. The second-order valence-electron chi connectivity index (χ2n) is 12.1. The maximum absolute atomic E-state index is 13.0.